The Morgan fingerprint density at radius 2 is 1.89 bits per heavy atom. The molecule has 0 N–H and O–H groups in total. The van der Waals surface area contributed by atoms with Crippen molar-refractivity contribution in [2.45, 2.75) is 19.9 Å². The Kier molecular flexibility index (Phi) is 6.16. The Morgan fingerprint density at radius 1 is 1.18 bits per heavy atom. The Labute approximate surface area is 170 Å². The van der Waals surface area contributed by atoms with Crippen LogP contribution in [0.25, 0.3) is 10.8 Å². The van der Waals surface area contributed by atoms with Crippen molar-refractivity contribution in [2.75, 3.05) is 13.7 Å². The fourth-order valence-electron chi connectivity index (χ4n) is 2.80. The van der Waals surface area contributed by atoms with E-state index in [1.54, 1.807) is 25.1 Å². The van der Waals surface area contributed by atoms with Crippen molar-refractivity contribution < 1.29 is 14.3 Å². The van der Waals surface area contributed by atoms with E-state index in [1.165, 1.54) is 19.5 Å². The average molecular weight is 422 g/mol. The first-order chi connectivity index (χ1) is 13.4. The Bertz CT molecular complexity index is 1080. The minimum atomic E-state index is -0.551. The molecular weight excluding hydrogens is 405 g/mol. The van der Waals surface area contributed by atoms with E-state index in [0.717, 1.165) is 4.68 Å². The molecule has 0 radical (unpaired) electrons. The van der Waals surface area contributed by atoms with E-state index < -0.39 is 11.5 Å². The Morgan fingerprint density at radius 3 is 2.54 bits per heavy atom. The molecule has 0 amide bonds. The van der Waals surface area contributed by atoms with Crippen molar-refractivity contribution in [3.05, 3.63) is 62.2 Å². The second-order valence-electron chi connectivity index (χ2n) is 5.88. The van der Waals surface area contributed by atoms with Gasteiger partial charge in [-0.2, -0.15) is 5.10 Å². The average Bonchev–Trinajstić information content (AvgIpc) is 2.68. The molecule has 28 heavy (non-hydrogen) atoms. The number of fused-ring (bicyclic) bond motifs is 1. The van der Waals surface area contributed by atoms with Crippen molar-refractivity contribution >= 4 is 39.9 Å². The zero-order valence-corrected chi connectivity index (χ0v) is 16.8. The summed E-state index contributed by atoms with van der Waals surface area (Å²) in [5, 5.41) is 6.15. The molecule has 0 bridgehead atoms. The molecule has 9 heteroatoms. The van der Waals surface area contributed by atoms with Crippen LogP contribution in [0.5, 0.6) is 5.75 Å². The summed E-state index contributed by atoms with van der Waals surface area (Å²) in [6, 6.07) is 5.09. The van der Waals surface area contributed by atoms with Crippen LogP contribution in [0, 0.1) is 0 Å². The van der Waals surface area contributed by atoms with Crippen LogP contribution in [-0.4, -0.2) is 34.5 Å². The van der Waals surface area contributed by atoms with Gasteiger partial charge in [0.25, 0.3) is 5.56 Å². The fraction of sp³-hybridized carbons (Fsp3) is 0.263. The molecule has 3 rings (SSSR count). The molecule has 2 heterocycles. The summed E-state index contributed by atoms with van der Waals surface area (Å²) in [7, 11) is 1.51. The maximum atomic E-state index is 12.8. The summed E-state index contributed by atoms with van der Waals surface area (Å²) in [6.07, 6.45) is 3.23. The normalized spacial score (nSPS) is 10.9. The molecule has 146 valence electrons. The predicted molar refractivity (Wildman–Crippen MR) is 106 cm³/mol. The van der Waals surface area contributed by atoms with Crippen LogP contribution < -0.4 is 10.3 Å². The van der Waals surface area contributed by atoms with Crippen molar-refractivity contribution in [1.82, 2.24) is 14.8 Å². The smallest absolute Gasteiger partial charge is 0.327 e. The highest BCUT2D eigenvalue weighted by Gasteiger charge is 2.17. The largest absolute Gasteiger partial charge is 0.497 e. The topological polar surface area (TPSA) is 83.3 Å². The summed E-state index contributed by atoms with van der Waals surface area (Å²) >= 11 is 12.5. The number of nitrogens with zero attached hydrogens (tertiary/aromatic N) is 3. The van der Waals surface area contributed by atoms with E-state index >= 15 is 0 Å². The zero-order chi connectivity index (χ0) is 20.3. The van der Waals surface area contributed by atoms with Gasteiger partial charge in [0, 0.05) is 24.2 Å². The number of aromatic nitrogens is 3. The lowest BCUT2D eigenvalue weighted by Gasteiger charge is -2.13. The quantitative estimate of drug-likeness (QED) is 0.567. The minimum absolute atomic E-state index is 0.212. The predicted octanol–water partition coefficient (Wildman–Crippen LogP) is 3.26. The highest BCUT2D eigenvalue weighted by atomic mass is 35.5. The number of methoxy groups -OCH3 is 1. The summed E-state index contributed by atoms with van der Waals surface area (Å²) in [6.45, 7) is 1.60. The number of ether oxygens (including phenoxy) is 2. The number of rotatable bonds is 6. The van der Waals surface area contributed by atoms with Crippen molar-refractivity contribution in [1.29, 1.82) is 0 Å². The Balaban J connectivity index is 2.18. The van der Waals surface area contributed by atoms with Gasteiger partial charge in [-0.25, -0.2) is 4.68 Å². The summed E-state index contributed by atoms with van der Waals surface area (Å²) < 4.78 is 11.2. The van der Waals surface area contributed by atoms with E-state index in [2.05, 4.69) is 10.1 Å². The molecule has 0 aliphatic rings. The maximum absolute atomic E-state index is 12.8. The van der Waals surface area contributed by atoms with Crippen LogP contribution in [0.4, 0.5) is 0 Å². The van der Waals surface area contributed by atoms with Gasteiger partial charge >= 0.3 is 5.97 Å². The fourth-order valence-corrected chi connectivity index (χ4v) is 3.30. The number of benzene rings is 1. The third-order valence-corrected chi connectivity index (χ3v) is 4.78. The van der Waals surface area contributed by atoms with Gasteiger partial charge in [0.05, 0.1) is 34.8 Å². The second kappa shape index (κ2) is 8.58. The molecular formula is C19H17Cl2N3O4. The van der Waals surface area contributed by atoms with Gasteiger partial charge < -0.3 is 9.47 Å². The van der Waals surface area contributed by atoms with Gasteiger partial charge in [-0.3, -0.25) is 14.6 Å². The number of esters is 1. The molecule has 7 nitrogen and oxygen atoms in total. The number of carbonyl (C=O) groups is 1. The van der Waals surface area contributed by atoms with Crippen molar-refractivity contribution in [2.24, 2.45) is 0 Å². The summed E-state index contributed by atoms with van der Waals surface area (Å²) in [5.74, 6) is -0.0327. The van der Waals surface area contributed by atoms with Gasteiger partial charge in [-0.1, -0.05) is 23.2 Å². The van der Waals surface area contributed by atoms with Gasteiger partial charge in [-0.05, 0) is 30.7 Å². The lowest BCUT2D eigenvalue weighted by Crippen LogP contribution is -2.29. The van der Waals surface area contributed by atoms with Gasteiger partial charge in [-0.15, -0.1) is 0 Å². The van der Waals surface area contributed by atoms with E-state index in [-0.39, 0.29) is 19.6 Å². The van der Waals surface area contributed by atoms with E-state index in [4.69, 9.17) is 32.7 Å². The van der Waals surface area contributed by atoms with E-state index in [9.17, 15) is 9.59 Å². The number of carbonyl (C=O) groups excluding carboxylic acids is 1. The highest BCUT2D eigenvalue weighted by Crippen LogP contribution is 2.28. The van der Waals surface area contributed by atoms with Gasteiger partial charge in [0.1, 0.15) is 12.3 Å². The van der Waals surface area contributed by atoms with Gasteiger partial charge in [0.2, 0.25) is 0 Å². The molecule has 0 saturated carbocycles. The minimum Gasteiger partial charge on any atom is -0.497 e. The molecule has 0 saturated heterocycles. The first kappa shape index (κ1) is 20.1. The Hall–Kier alpha value is -2.64. The van der Waals surface area contributed by atoms with Crippen molar-refractivity contribution in [3.8, 4) is 5.75 Å². The van der Waals surface area contributed by atoms with Crippen LogP contribution >= 0.6 is 23.2 Å². The number of hydrogen-bond donors (Lipinski definition) is 0. The molecule has 3 aromatic rings. The van der Waals surface area contributed by atoms with Crippen molar-refractivity contribution in [3.63, 3.8) is 0 Å². The first-order valence-corrected chi connectivity index (χ1v) is 9.21. The third kappa shape index (κ3) is 4.10. The lowest BCUT2D eigenvalue weighted by atomic mass is 10.0. The standard InChI is InChI=1S/C19H17Cl2N3O4/c1-3-28-18(25)10-24-19(26)13-6-11(27-2)4-5-12(13)17(23-24)7-14-15(20)8-22-9-16(14)21/h4-6,8-9H,3,7,10H2,1-2H3. The molecule has 0 aliphatic heterocycles. The maximum Gasteiger partial charge on any atom is 0.327 e. The number of halogens is 2. The summed E-state index contributed by atoms with van der Waals surface area (Å²) in [4.78, 5) is 28.7. The number of pyridine rings is 1. The first-order valence-electron chi connectivity index (χ1n) is 8.45. The molecule has 1 aromatic carbocycles. The van der Waals surface area contributed by atoms with Crippen LogP contribution in [0.15, 0.2) is 35.4 Å². The molecule has 0 aliphatic carbocycles. The van der Waals surface area contributed by atoms with Crippen LogP contribution in [0.2, 0.25) is 10.0 Å². The van der Waals surface area contributed by atoms with E-state index in [0.29, 0.717) is 37.8 Å². The summed E-state index contributed by atoms with van der Waals surface area (Å²) in [5.41, 5.74) is 0.749. The number of hydrogen-bond acceptors (Lipinski definition) is 6. The lowest BCUT2D eigenvalue weighted by molar-refractivity contribution is -0.144. The molecule has 0 atom stereocenters. The molecule has 2 aromatic heterocycles. The van der Waals surface area contributed by atoms with Gasteiger partial charge in [0.15, 0.2) is 0 Å². The SMILES string of the molecule is CCOC(=O)Cn1nc(Cc2c(Cl)cncc2Cl)c2ccc(OC)cc2c1=O. The molecule has 0 spiro atoms. The second-order valence-corrected chi connectivity index (χ2v) is 6.70. The molecule has 0 fully saturated rings. The van der Waals surface area contributed by atoms with Crippen LogP contribution in [0.3, 0.4) is 0 Å². The van der Waals surface area contributed by atoms with Crippen LogP contribution in [-0.2, 0) is 22.5 Å². The monoisotopic (exact) mass is 421 g/mol. The zero-order valence-electron chi connectivity index (χ0n) is 15.2. The van der Waals surface area contributed by atoms with Crippen LogP contribution in [0.1, 0.15) is 18.2 Å². The molecule has 0 unspecified atom stereocenters. The third-order valence-electron chi connectivity index (χ3n) is 4.12. The highest BCUT2D eigenvalue weighted by molar-refractivity contribution is 6.35. The van der Waals surface area contributed by atoms with E-state index in [1.807, 2.05) is 0 Å².